The molecule has 0 radical (unpaired) electrons. The van der Waals surface area contributed by atoms with Gasteiger partial charge >= 0.3 is 0 Å². The van der Waals surface area contributed by atoms with E-state index in [1.54, 1.807) is 6.07 Å². The molecule has 1 heterocycles. The minimum absolute atomic E-state index is 0.0223. The summed E-state index contributed by atoms with van der Waals surface area (Å²) in [6.07, 6.45) is 0.849. The highest BCUT2D eigenvalue weighted by atomic mass is 35.5. The number of hydrogen-bond acceptors (Lipinski definition) is 3. The molecule has 0 saturated heterocycles. The van der Waals surface area contributed by atoms with Gasteiger partial charge in [0.15, 0.2) is 0 Å². The molecule has 2 unspecified atom stereocenters. The van der Waals surface area contributed by atoms with Crippen LogP contribution in [0.25, 0.3) is 0 Å². The summed E-state index contributed by atoms with van der Waals surface area (Å²) < 4.78 is 5.58. The second kappa shape index (κ2) is 5.79. The Balaban J connectivity index is 2.20. The second-order valence-corrected chi connectivity index (χ2v) is 5.28. The summed E-state index contributed by atoms with van der Waals surface area (Å²) in [5.41, 5.74) is 0.976. The van der Waals surface area contributed by atoms with Crippen LogP contribution >= 0.6 is 23.2 Å². The molecule has 1 aromatic rings. The molecule has 0 aromatic heterocycles. The molecule has 0 amide bonds. The van der Waals surface area contributed by atoms with Gasteiger partial charge in [0.2, 0.25) is 0 Å². The number of benzene rings is 1. The fraction of sp³-hybridized carbons (Fsp3) is 0.462. The SMILES string of the molecule is CC(C#N)CNC1CCOc2c(Cl)cc(Cl)cc21. The van der Waals surface area contributed by atoms with E-state index in [-0.39, 0.29) is 12.0 Å². The maximum atomic E-state index is 8.79. The maximum absolute atomic E-state index is 8.79. The first-order valence-corrected chi connectivity index (χ1v) is 6.62. The third-order valence-electron chi connectivity index (χ3n) is 2.96. The largest absolute Gasteiger partial charge is 0.492 e. The van der Waals surface area contributed by atoms with Crippen molar-refractivity contribution in [2.24, 2.45) is 5.92 Å². The van der Waals surface area contributed by atoms with E-state index in [0.717, 1.165) is 12.0 Å². The first-order valence-electron chi connectivity index (χ1n) is 5.86. The Morgan fingerprint density at radius 3 is 3.06 bits per heavy atom. The van der Waals surface area contributed by atoms with Gasteiger partial charge in [-0.3, -0.25) is 0 Å². The quantitative estimate of drug-likeness (QED) is 0.923. The lowest BCUT2D eigenvalue weighted by Crippen LogP contribution is -2.30. The van der Waals surface area contributed by atoms with Crippen molar-refractivity contribution < 1.29 is 4.74 Å². The van der Waals surface area contributed by atoms with E-state index in [1.165, 1.54) is 0 Å². The normalized spacial score (nSPS) is 19.6. The zero-order valence-corrected chi connectivity index (χ0v) is 11.6. The second-order valence-electron chi connectivity index (χ2n) is 4.43. The van der Waals surface area contributed by atoms with E-state index in [4.69, 9.17) is 33.2 Å². The smallest absolute Gasteiger partial charge is 0.142 e. The predicted molar refractivity (Wildman–Crippen MR) is 72.1 cm³/mol. The molecular formula is C13H14Cl2N2O. The van der Waals surface area contributed by atoms with Gasteiger partial charge in [-0.1, -0.05) is 23.2 Å². The van der Waals surface area contributed by atoms with Crippen molar-refractivity contribution in [2.75, 3.05) is 13.2 Å². The minimum Gasteiger partial charge on any atom is -0.492 e. The Bertz CT molecular complexity index is 485. The number of halogens is 2. The van der Waals surface area contributed by atoms with Crippen LogP contribution in [-0.2, 0) is 0 Å². The summed E-state index contributed by atoms with van der Waals surface area (Å²) in [5.74, 6) is 0.681. The van der Waals surface area contributed by atoms with Crippen molar-refractivity contribution in [2.45, 2.75) is 19.4 Å². The zero-order chi connectivity index (χ0) is 13.1. The molecule has 5 heteroatoms. The molecule has 0 fully saturated rings. The van der Waals surface area contributed by atoms with E-state index >= 15 is 0 Å². The summed E-state index contributed by atoms with van der Waals surface area (Å²) in [6.45, 7) is 3.15. The Morgan fingerprint density at radius 1 is 1.56 bits per heavy atom. The van der Waals surface area contributed by atoms with E-state index in [2.05, 4.69) is 11.4 Å². The molecular weight excluding hydrogens is 271 g/mol. The third kappa shape index (κ3) is 2.89. The first-order chi connectivity index (χ1) is 8.61. The molecule has 96 valence electrons. The van der Waals surface area contributed by atoms with Crippen molar-refractivity contribution in [3.8, 4) is 11.8 Å². The van der Waals surface area contributed by atoms with Crippen molar-refractivity contribution in [3.63, 3.8) is 0 Å². The van der Waals surface area contributed by atoms with Crippen LogP contribution in [0.2, 0.25) is 10.0 Å². The van der Waals surface area contributed by atoms with Crippen molar-refractivity contribution in [3.05, 3.63) is 27.7 Å². The molecule has 0 bridgehead atoms. The van der Waals surface area contributed by atoms with E-state index in [1.807, 2.05) is 13.0 Å². The molecule has 1 aliphatic heterocycles. The average molecular weight is 285 g/mol. The summed E-state index contributed by atoms with van der Waals surface area (Å²) in [4.78, 5) is 0. The summed E-state index contributed by atoms with van der Waals surface area (Å²) >= 11 is 12.1. The molecule has 3 nitrogen and oxygen atoms in total. The topological polar surface area (TPSA) is 45.0 Å². The minimum atomic E-state index is -0.0223. The van der Waals surface area contributed by atoms with Gasteiger partial charge in [0, 0.05) is 29.6 Å². The van der Waals surface area contributed by atoms with Gasteiger partial charge in [-0.25, -0.2) is 0 Å². The Morgan fingerprint density at radius 2 is 2.33 bits per heavy atom. The average Bonchev–Trinajstić information content (AvgIpc) is 2.36. The molecule has 0 aliphatic carbocycles. The first kappa shape index (κ1) is 13.5. The highest BCUT2D eigenvalue weighted by Gasteiger charge is 2.24. The van der Waals surface area contributed by atoms with Gasteiger partial charge < -0.3 is 10.1 Å². The molecule has 18 heavy (non-hydrogen) atoms. The van der Waals surface area contributed by atoms with Crippen LogP contribution in [0.3, 0.4) is 0 Å². The summed E-state index contributed by atoms with van der Waals surface area (Å²) in [5, 5.41) is 13.3. The number of nitrogens with one attached hydrogen (secondary N) is 1. The van der Waals surface area contributed by atoms with Crippen LogP contribution < -0.4 is 10.1 Å². The third-order valence-corrected chi connectivity index (χ3v) is 3.46. The van der Waals surface area contributed by atoms with Gasteiger partial charge in [-0.15, -0.1) is 0 Å². The molecule has 2 atom stereocenters. The van der Waals surface area contributed by atoms with E-state index in [0.29, 0.717) is 28.9 Å². The molecule has 1 aromatic carbocycles. The Hall–Kier alpha value is -0.950. The number of rotatable bonds is 3. The molecule has 1 N–H and O–H groups in total. The molecule has 0 saturated carbocycles. The van der Waals surface area contributed by atoms with Gasteiger partial charge in [0.1, 0.15) is 5.75 Å². The van der Waals surface area contributed by atoms with Gasteiger partial charge in [-0.05, 0) is 19.1 Å². The standard InChI is InChI=1S/C13H14Cl2N2O/c1-8(6-16)7-17-12-2-3-18-13-10(12)4-9(14)5-11(13)15/h4-5,8,12,17H,2-3,7H2,1H3. The molecule has 1 aliphatic rings. The highest BCUT2D eigenvalue weighted by molar-refractivity contribution is 6.35. The summed E-state index contributed by atoms with van der Waals surface area (Å²) in [7, 11) is 0. The lowest BCUT2D eigenvalue weighted by atomic mass is 10.00. The van der Waals surface area contributed by atoms with Crippen molar-refractivity contribution >= 4 is 23.2 Å². The van der Waals surface area contributed by atoms with Gasteiger partial charge in [-0.2, -0.15) is 5.26 Å². The number of hydrogen-bond donors (Lipinski definition) is 1. The van der Waals surface area contributed by atoms with E-state index in [9.17, 15) is 0 Å². The van der Waals surface area contributed by atoms with Crippen molar-refractivity contribution in [1.82, 2.24) is 5.32 Å². The van der Waals surface area contributed by atoms with Crippen LogP contribution in [0.1, 0.15) is 24.9 Å². The van der Waals surface area contributed by atoms with Gasteiger partial charge in [0.25, 0.3) is 0 Å². The van der Waals surface area contributed by atoms with Crippen LogP contribution in [0, 0.1) is 17.2 Å². The number of nitrogens with zero attached hydrogens (tertiary/aromatic N) is 1. The van der Waals surface area contributed by atoms with Crippen LogP contribution in [0.5, 0.6) is 5.75 Å². The molecule has 0 spiro atoms. The lowest BCUT2D eigenvalue weighted by molar-refractivity contribution is 0.251. The lowest BCUT2D eigenvalue weighted by Gasteiger charge is -2.28. The monoisotopic (exact) mass is 284 g/mol. The fourth-order valence-corrected chi connectivity index (χ4v) is 2.57. The number of nitriles is 1. The molecule has 2 rings (SSSR count). The Labute approximate surface area is 117 Å². The van der Waals surface area contributed by atoms with Crippen LogP contribution in [0.15, 0.2) is 12.1 Å². The number of ether oxygens (including phenoxy) is 1. The zero-order valence-electron chi connectivity index (χ0n) is 10.0. The Kier molecular flexibility index (Phi) is 4.34. The van der Waals surface area contributed by atoms with Crippen LogP contribution in [-0.4, -0.2) is 13.2 Å². The van der Waals surface area contributed by atoms with Crippen LogP contribution in [0.4, 0.5) is 0 Å². The highest BCUT2D eigenvalue weighted by Crippen LogP contribution is 2.39. The maximum Gasteiger partial charge on any atom is 0.142 e. The van der Waals surface area contributed by atoms with Gasteiger partial charge in [0.05, 0.1) is 23.6 Å². The van der Waals surface area contributed by atoms with E-state index < -0.39 is 0 Å². The summed E-state index contributed by atoms with van der Waals surface area (Å²) in [6, 6.07) is 5.90. The number of fused-ring (bicyclic) bond motifs is 1. The predicted octanol–water partition coefficient (Wildman–Crippen LogP) is 3.57. The van der Waals surface area contributed by atoms with Crippen molar-refractivity contribution in [1.29, 1.82) is 5.26 Å². The fourth-order valence-electron chi connectivity index (χ4n) is 2.00.